The molecule has 1 saturated carbocycles. The molecular formula is C17H26N2OS. The van der Waals surface area contributed by atoms with Gasteiger partial charge >= 0.3 is 0 Å². The van der Waals surface area contributed by atoms with Crippen molar-refractivity contribution in [1.29, 1.82) is 0 Å². The van der Waals surface area contributed by atoms with Gasteiger partial charge in [-0.2, -0.15) is 0 Å². The van der Waals surface area contributed by atoms with Crippen molar-refractivity contribution in [3.8, 4) is 0 Å². The fourth-order valence-electron chi connectivity index (χ4n) is 3.49. The number of thiophene rings is 1. The van der Waals surface area contributed by atoms with Crippen molar-refractivity contribution in [2.75, 3.05) is 13.1 Å². The van der Waals surface area contributed by atoms with Crippen LogP contribution in [0.5, 0.6) is 0 Å². The van der Waals surface area contributed by atoms with Crippen LogP contribution in [0.15, 0.2) is 11.4 Å². The Morgan fingerprint density at radius 3 is 3.00 bits per heavy atom. The van der Waals surface area contributed by atoms with Crippen molar-refractivity contribution in [2.45, 2.75) is 51.5 Å². The summed E-state index contributed by atoms with van der Waals surface area (Å²) in [6, 6.07) is 2.62. The molecule has 21 heavy (non-hydrogen) atoms. The van der Waals surface area contributed by atoms with E-state index in [0.717, 1.165) is 32.4 Å². The molecule has 1 aromatic rings. The number of amides is 1. The zero-order valence-corrected chi connectivity index (χ0v) is 13.7. The van der Waals surface area contributed by atoms with E-state index in [1.54, 1.807) is 0 Å². The number of nitrogens with two attached hydrogens (primary N) is 1. The molecule has 116 valence electrons. The Hall–Kier alpha value is -0.870. The highest BCUT2D eigenvalue weighted by molar-refractivity contribution is 7.10. The van der Waals surface area contributed by atoms with Crippen LogP contribution in [0.25, 0.3) is 0 Å². The Labute approximate surface area is 131 Å². The third kappa shape index (κ3) is 3.32. The Morgan fingerprint density at radius 2 is 2.29 bits per heavy atom. The molecule has 2 aliphatic rings. The largest absolute Gasteiger partial charge is 0.335 e. The first kappa shape index (κ1) is 15.0. The fraction of sp³-hybridized carbons (Fsp3) is 0.706. The second-order valence-electron chi connectivity index (χ2n) is 6.64. The van der Waals surface area contributed by atoms with Gasteiger partial charge in [-0.05, 0) is 67.5 Å². The van der Waals surface area contributed by atoms with E-state index in [-0.39, 0.29) is 0 Å². The predicted molar refractivity (Wildman–Crippen MR) is 87.3 cm³/mol. The highest BCUT2D eigenvalue weighted by Gasteiger charge is 2.41. The molecule has 3 nitrogen and oxygen atoms in total. The number of hydrogen-bond donors (Lipinski definition) is 1. The Bertz CT molecular complexity index is 495. The predicted octanol–water partition coefficient (Wildman–Crippen LogP) is 3.35. The van der Waals surface area contributed by atoms with E-state index in [1.807, 2.05) is 11.3 Å². The number of rotatable bonds is 6. The molecule has 2 atom stereocenters. The lowest BCUT2D eigenvalue weighted by Crippen LogP contribution is -2.40. The minimum Gasteiger partial charge on any atom is -0.335 e. The van der Waals surface area contributed by atoms with E-state index in [4.69, 9.17) is 5.73 Å². The van der Waals surface area contributed by atoms with Gasteiger partial charge in [-0.25, -0.2) is 0 Å². The van der Waals surface area contributed by atoms with Gasteiger partial charge < -0.3 is 10.6 Å². The fourth-order valence-corrected chi connectivity index (χ4v) is 4.40. The van der Waals surface area contributed by atoms with E-state index >= 15 is 0 Å². The first-order valence-corrected chi connectivity index (χ1v) is 9.14. The maximum atomic E-state index is 12.7. The van der Waals surface area contributed by atoms with Crippen LogP contribution < -0.4 is 5.73 Å². The van der Waals surface area contributed by atoms with Gasteiger partial charge in [0.2, 0.25) is 5.91 Å². The molecule has 2 N–H and O–H groups in total. The SMILES string of the molecule is CC(CCN)CCC(=O)N1CCc2sccc2C1C1CC1. The second-order valence-corrected chi connectivity index (χ2v) is 7.64. The quantitative estimate of drug-likeness (QED) is 0.876. The molecule has 4 heteroatoms. The molecule has 1 amide bonds. The Morgan fingerprint density at radius 1 is 1.48 bits per heavy atom. The van der Waals surface area contributed by atoms with Gasteiger partial charge in [0.25, 0.3) is 0 Å². The molecule has 1 aliphatic heterocycles. The number of carbonyl (C=O) groups excluding carboxylic acids is 1. The molecule has 0 radical (unpaired) electrons. The van der Waals surface area contributed by atoms with Crippen molar-refractivity contribution in [3.05, 3.63) is 21.9 Å². The van der Waals surface area contributed by atoms with Gasteiger partial charge in [0.05, 0.1) is 6.04 Å². The minimum atomic E-state index is 0.354. The smallest absolute Gasteiger partial charge is 0.223 e. The van der Waals surface area contributed by atoms with Crippen LogP contribution in [0.1, 0.15) is 55.5 Å². The van der Waals surface area contributed by atoms with Crippen LogP contribution >= 0.6 is 11.3 Å². The molecule has 0 bridgehead atoms. The zero-order valence-electron chi connectivity index (χ0n) is 12.9. The topological polar surface area (TPSA) is 46.3 Å². The molecular weight excluding hydrogens is 280 g/mol. The lowest BCUT2D eigenvalue weighted by Gasteiger charge is -2.36. The van der Waals surface area contributed by atoms with Gasteiger partial charge in [0.15, 0.2) is 0 Å². The molecule has 0 saturated heterocycles. The van der Waals surface area contributed by atoms with Gasteiger partial charge in [0.1, 0.15) is 0 Å². The monoisotopic (exact) mass is 306 g/mol. The van der Waals surface area contributed by atoms with E-state index in [2.05, 4.69) is 23.3 Å². The summed E-state index contributed by atoms with van der Waals surface area (Å²) in [5.41, 5.74) is 7.04. The maximum Gasteiger partial charge on any atom is 0.223 e. The van der Waals surface area contributed by atoms with Crippen molar-refractivity contribution in [1.82, 2.24) is 4.90 Å². The lowest BCUT2D eigenvalue weighted by molar-refractivity contribution is -0.135. The van der Waals surface area contributed by atoms with Gasteiger partial charge in [-0.1, -0.05) is 6.92 Å². The summed E-state index contributed by atoms with van der Waals surface area (Å²) in [4.78, 5) is 16.4. The Kier molecular flexibility index (Phi) is 4.65. The molecule has 3 rings (SSSR count). The summed E-state index contributed by atoms with van der Waals surface area (Å²) >= 11 is 1.86. The standard InChI is InChI=1S/C17H26N2OS/c1-12(6-9-18)2-5-16(20)19-10-7-15-14(8-11-21-15)17(19)13-3-4-13/h8,11-13,17H,2-7,9-10,18H2,1H3. The van der Waals surface area contributed by atoms with Crippen molar-refractivity contribution in [3.63, 3.8) is 0 Å². The number of nitrogens with zero attached hydrogens (tertiary/aromatic N) is 1. The molecule has 0 spiro atoms. The van der Waals surface area contributed by atoms with E-state index < -0.39 is 0 Å². The first-order valence-electron chi connectivity index (χ1n) is 8.26. The molecule has 1 aromatic heterocycles. The summed E-state index contributed by atoms with van der Waals surface area (Å²) in [5.74, 6) is 1.62. The normalized spacial score (nSPS) is 23.0. The van der Waals surface area contributed by atoms with Crippen molar-refractivity contribution in [2.24, 2.45) is 17.6 Å². The van der Waals surface area contributed by atoms with Crippen LogP contribution in [0, 0.1) is 11.8 Å². The lowest BCUT2D eigenvalue weighted by atomic mass is 9.94. The average molecular weight is 306 g/mol. The summed E-state index contributed by atoms with van der Waals surface area (Å²) in [5, 5.41) is 2.19. The van der Waals surface area contributed by atoms with Gasteiger partial charge in [-0.15, -0.1) is 11.3 Å². The average Bonchev–Trinajstić information content (AvgIpc) is 3.20. The number of hydrogen-bond acceptors (Lipinski definition) is 3. The maximum absolute atomic E-state index is 12.7. The molecule has 2 heterocycles. The third-order valence-corrected chi connectivity index (χ3v) is 5.91. The molecule has 1 fully saturated rings. The van der Waals surface area contributed by atoms with Crippen LogP contribution in [0.2, 0.25) is 0 Å². The highest BCUT2D eigenvalue weighted by atomic mass is 32.1. The van der Waals surface area contributed by atoms with Crippen molar-refractivity contribution < 1.29 is 4.79 Å². The highest BCUT2D eigenvalue weighted by Crippen LogP contribution is 2.48. The summed E-state index contributed by atoms with van der Waals surface area (Å²) in [6.07, 6.45) is 6.29. The Balaban J connectivity index is 1.65. The van der Waals surface area contributed by atoms with E-state index in [9.17, 15) is 4.79 Å². The number of fused-ring (bicyclic) bond motifs is 1. The van der Waals surface area contributed by atoms with Crippen LogP contribution in [-0.4, -0.2) is 23.9 Å². The van der Waals surface area contributed by atoms with Gasteiger partial charge in [0, 0.05) is 17.8 Å². The van der Waals surface area contributed by atoms with E-state index in [1.165, 1.54) is 23.3 Å². The number of carbonyl (C=O) groups is 1. The summed E-state index contributed by atoms with van der Waals surface area (Å²) in [6.45, 7) is 3.84. The minimum absolute atomic E-state index is 0.354. The van der Waals surface area contributed by atoms with Gasteiger partial charge in [-0.3, -0.25) is 4.79 Å². The third-order valence-electron chi connectivity index (χ3n) is 4.91. The first-order chi connectivity index (χ1) is 10.2. The molecule has 2 unspecified atom stereocenters. The van der Waals surface area contributed by atoms with Crippen LogP contribution in [-0.2, 0) is 11.2 Å². The molecule has 1 aliphatic carbocycles. The second kappa shape index (κ2) is 6.49. The summed E-state index contributed by atoms with van der Waals surface area (Å²) < 4.78 is 0. The van der Waals surface area contributed by atoms with Crippen molar-refractivity contribution >= 4 is 17.2 Å². The molecule has 0 aromatic carbocycles. The van der Waals surface area contributed by atoms with E-state index in [0.29, 0.717) is 30.2 Å². The zero-order chi connectivity index (χ0) is 14.8. The van der Waals surface area contributed by atoms with Crippen LogP contribution in [0.4, 0.5) is 0 Å². The van der Waals surface area contributed by atoms with Crippen LogP contribution in [0.3, 0.4) is 0 Å². The summed E-state index contributed by atoms with van der Waals surface area (Å²) in [7, 11) is 0.